The van der Waals surface area contributed by atoms with Gasteiger partial charge in [-0.2, -0.15) is 5.10 Å². The van der Waals surface area contributed by atoms with Crippen LogP contribution in [0.15, 0.2) is 71.5 Å². The van der Waals surface area contributed by atoms with E-state index in [1.807, 2.05) is 54.6 Å². The standard InChI is InChI=1S/C24H26N4O2.ClH/c29-23-11-10-22(20-4-2-1-3-5-20)27-28(23)15-14-26-24(30)21-8-6-18(7-9-21)16-19-12-13-25-17-19;/h1-11,19,25H,12-17H2,(H,26,30);1H. The molecule has 1 saturated heterocycles. The van der Waals surface area contributed by atoms with Crippen molar-refractivity contribution < 1.29 is 4.79 Å². The third-order valence-electron chi connectivity index (χ3n) is 5.45. The molecule has 1 aliphatic rings. The van der Waals surface area contributed by atoms with Crippen molar-refractivity contribution in [2.75, 3.05) is 19.6 Å². The van der Waals surface area contributed by atoms with Crippen LogP contribution in [-0.4, -0.2) is 35.3 Å². The van der Waals surface area contributed by atoms with Crippen LogP contribution in [-0.2, 0) is 13.0 Å². The smallest absolute Gasteiger partial charge is 0.266 e. The van der Waals surface area contributed by atoms with Crippen LogP contribution in [0, 0.1) is 5.92 Å². The van der Waals surface area contributed by atoms with Crippen molar-refractivity contribution in [1.29, 1.82) is 0 Å². The monoisotopic (exact) mass is 438 g/mol. The molecule has 1 unspecified atom stereocenters. The summed E-state index contributed by atoms with van der Waals surface area (Å²) in [7, 11) is 0. The van der Waals surface area contributed by atoms with Gasteiger partial charge < -0.3 is 10.6 Å². The van der Waals surface area contributed by atoms with Crippen LogP contribution in [0.25, 0.3) is 11.3 Å². The Bertz CT molecular complexity index is 1050. The number of nitrogens with zero attached hydrogens (tertiary/aromatic N) is 2. The molecule has 4 rings (SSSR count). The molecule has 0 saturated carbocycles. The van der Waals surface area contributed by atoms with Gasteiger partial charge in [-0.1, -0.05) is 42.5 Å². The minimum Gasteiger partial charge on any atom is -0.350 e. The zero-order valence-corrected chi connectivity index (χ0v) is 18.1. The summed E-state index contributed by atoms with van der Waals surface area (Å²) >= 11 is 0. The predicted octanol–water partition coefficient (Wildman–Crippen LogP) is 2.91. The summed E-state index contributed by atoms with van der Waals surface area (Å²) < 4.78 is 1.39. The number of hydrogen-bond donors (Lipinski definition) is 2. The van der Waals surface area contributed by atoms with E-state index >= 15 is 0 Å². The Hall–Kier alpha value is -2.96. The Labute approximate surface area is 188 Å². The Morgan fingerprint density at radius 1 is 1.06 bits per heavy atom. The lowest BCUT2D eigenvalue weighted by Crippen LogP contribution is -2.31. The lowest BCUT2D eigenvalue weighted by Gasteiger charge is -2.10. The molecular weight excluding hydrogens is 412 g/mol. The summed E-state index contributed by atoms with van der Waals surface area (Å²) in [6, 6.07) is 20.7. The Morgan fingerprint density at radius 2 is 1.84 bits per heavy atom. The lowest BCUT2D eigenvalue weighted by atomic mass is 9.98. The van der Waals surface area contributed by atoms with Crippen molar-refractivity contribution in [3.63, 3.8) is 0 Å². The molecule has 1 aromatic heterocycles. The van der Waals surface area contributed by atoms with E-state index in [4.69, 9.17) is 0 Å². The number of nitrogens with one attached hydrogen (secondary N) is 2. The van der Waals surface area contributed by atoms with Gasteiger partial charge in [0.05, 0.1) is 12.2 Å². The fraction of sp³-hybridized carbons (Fsp3) is 0.292. The molecule has 2 N–H and O–H groups in total. The molecule has 6 nitrogen and oxygen atoms in total. The molecule has 1 atom stereocenters. The molecule has 0 bridgehead atoms. The third-order valence-corrected chi connectivity index (χ3v) is 5.45. The number of rotatable bonds is 7. The third kappa shape index (κ3) is 6.03. The number of benzene rings is 2. The summed E-state index contributed by atoms with van der Waals surface area (Å²) in [6.45, 7) is 2.82. The van der Waals surface area contributed by atoms with Crippen molar-refractivity contribution in [2.24, 2.45) is 5.92 Å². The number of amides is 1. The molecule has 0 aliphatic carbocycles. The molecule has 3 aromatic rings. The molecule has 1 amide bonds. The zero-order chi connectivity index (χ0) is 20.8. The minimum absolute atomic E-state index is 0. The highest BCUT2D eigenvalue weighted by molar-refractivity contribution is 5.94. The van der Waals surface area contributed by atoms with Gasteiger partial charge in [0.25, 0.3) is 11.5 Å². The Morgan fingerprint density at radius 3 is 2.55 bits per heavy atom. The average molecular weight is 439 g/mol. The number of carbonyl (C=O) groups is 1. The minimum atomic E-state index is -0.185. The van der Waals surface area contributed by atoms with Crippen LogP contribution in [0.4, 0.5) is 0 Å². The van der Waals surface area contributed by atoms with Crippen LogP contribution >= 0.6 is 12.4 Å². The fourth-order valence-corrected chi connectivity index (χ4v) is 3.76. The summed E-state index contributed by atoms with van der Waals surface area (Å²) in [4.78, 5) is 24.5. The molecule has 1 aliphatic heterocycles. The summed E-state index contributed by atoms with van der Waals surface area (Å²) in [5, 5.41) is 10.7. The molecule has 162 valence electrons. The van der Waals surface area contributed by atoms with Crippen LogP contribution < -0.4 is 16.2 Å². The van der Waals surface area contributed by atoms with E-state index in [0.717, 1.165) is 30.8 Å². The second-order valence-corrected chi connectivity index (χ2v) is 7.66. The number of halogens is 1. The maximum atomic E-state index is 12.4. The summed E-state index contributed by atoms with van der Waals surface area (Å²) in [6.07, 6.45) is 2.25. The lowest BCUT2D eigenvalue weighted by molar-refractivity contribution is 0.0951. The van der Waals surface area contributed by atoms with Crippen LogP contribution in [0.1, 0.15) is 22.3 Å². The SMILES string of the molecule is Cl.O=C(NCCn1nc(-c2ccccc2)ccc1=O)c1ccc(CC2CCNC2)cc1. The van der Waals surface area contributed by atoms with Gasteiger partial charge in [-0.25, -0.2) is 4.68 Å². The van der Waals surface area contributed by atoms with E-state index in [0.29, 0.717) is 24.6 Å². The first-order valence-electron chi connectivity index (χ1n) is 10.4. The van der Waals surface area contributed by atoms with E-state index in [1.165, 1.54) is 22.7 Å². The molecule has 7 heteroatoms. The van der Waals surface area contributed by atoms with E-state index in [2.05, 4.69) is 15.7 Å². The molecule has 1 fully saturated rings. The topological polar surface area (TPSA) is 76.0 Å². The van der Waals surface area contributed by atoms with Crippen molar-refractivity contribution in [3.05, 3.63) is 88.2 Å². The van der Waals surface area contributed by atoms with E-state index in [1.54, 1.807) is 6.07 Å². The summed E-state index contributed by atoms with van der Waals surface area (Å²) in [5.41, 5.74) is 3.38. The van der Waals surface area contributed by atoms with E-state index in [9.17, 15) is 9.59 Å². The second kappa shape index (κ2) is 10.9. The largest absolute Gasteiger partial charge is 0.350 e. The molecule has 31 heavy (non-hydrogen) atoms. The Balaban J connectivity index is 0.00000272. The zero-order valence-electron chi connectivity index (χ0n) is 17.3. The van der Waals surface area contributed by atoms with Crippen molar-refractivity contribution in [2.45, 2.75) is 19.4 Å². The first-order valence-corrected chi connectivity index (χ1v) is 10.4. The van der Waals surface area contributed by atoms with Gasteiger partial charge >= 0.3 is 0 Å². The maximum absolute atomic E-state index is 12.4. The van der Waals surface area contributed by atoms with Gasteiger partial charge in [-0.05, 0) is 55.6 Å². The second-order valence-electron chi connectivity index (χ2n) is 7.66. The van der Waals surface area contributed by atoms with Gasteiger partial charge in [0.1, 0.15) is 0 Å². The summed E-state index contributed by atoms with van der Waals surface area (Å²) in [5.74, 6) is 0.540. The quantitative estimate of drug-likeness (QED) is 0.594. The highest BCUT2D eigenvalue weighted by Gasteiger charge is 2.15. The highest BCUT2D eigenvalue weighted by Crippen LogP contribution is 2.16. The fourth-order valence-electron chi connectivity index (χ4n) is 3.76. The van der Waals surface area contributed by atoms with Crippen molar-refractivity contribution in [3.8, 4) is 11.3 Å². The predicted molar refractivity (Wildman–Crippen MR) is 125 cm³/mol. The van der Waals surface area contributed by atoms with Crippen LogP contribution in [0.3, 0.4) is 0 Å². The van der Waals surface area contributed by atoms with Gasteiger partial charge in [-0.3, -0.25) is 9.59 Å². The molecular formula is C24H27ClN4O2. The molecule has 0 radical (unpaired) electrons. The molecule has 2 heterocycles. The number of hydrogen-bond acceptors (Lipinski definition) is 4. The van der Waals surface area contributed by atoms with Gasteiger partial charge in [0.2, 0.25) is 0 Å². The van der Waals surface area contributed by atoms with Crippen molar-refractivity contribution in [1.82, 2.24) is 20.4 Å². The normalized spacial score (nSPS) is 15.3. The van der Waals surface area contributed by atoms with Gasteiger partial charge in [0, 0.05) is 23.7 Å². The average Bonchev–Trinajstić information content (AvgIpc) is 3.29. The van der Waals surface area contributed by atoms with Gasteiger partial charge in [0.15, 0.2) is 0 Å². The van der Waals surface area contributed by atoms with Crippen molar-refractivity contribution >= 4 is 18.3 Å². The number of aromatic nitrogens is 2. The van der Waals surface area contributed by atoms with E-state index in [-0.39, 0.29) is 23.9 Å². The van der Waals surface area contributed by atoms with Crippen LogP contribution in [0.5, 0.6) is 0 Å². The highest BCUT2D eigenvalue weighted by atomic mass is 35.5. The maximum Gasteiger partial charge on any atom is 0.266 e. The van der Waals surface area contributed by atoms with E-state index < -0.39 is 0 Å². The Kier molecular flexibility index (Phi) is 7.98. The van der Waals surface area contributed by atoms with Gasteiger partial charge in [-0.15, -0.1) is 12.4 Å². The first-order chi connectivity index (χ1) is 14.7. The molecule has 0 spiro atoms. The number of carbonyl (C=O) groups excluding carboxylic acids is 1. The molecule has 2 aromatic carbocycles. The first kappa shape index (κ1) is 22.7. The van der Waals surface area contributed by atoms with Crippen LogP contribution in [0.2, 0.25) is 0 Å².